The lowest BCUT2D eigenvalue weighted by atomic mass is 9.76. The topological polar surface area (TPSA) is 56.7 Å². The molecule has 0 aromatic carbocycles. The van der Waals surface area contributed by atoms with Crippen LogP contribution < -0.4 is 0 Å². The lowest BCUT2D eigenvalue weighted by Gasteiger charge is -2.43. The van der Waals surface area contributed by atoms with Gasteiger partial charge in [-0.1, -0.05) is 6.42 Å². The van der Waals surface area contributed by atoms with Crippen LogP contribution in [0.5, 0.6) is 0 Å². The molecule has 3 rings (SSSR count). The maximum absolute atomic E-state index is 12.6. The number of rotatable bonds is 4. The van der Waals surface area contributed by atoms with E-state index in [1.165, 1.54) is 0 Å². The Morgan fingerprint density at radius 1 is 1.39 bits per heavy atom. The second-order valence-corrected chi connectivity index (χ2v) is 7.22. The van der Waals surface area contributed by atoms with Crippen molar-refractivity contribution in [2.24, 2.45) is 5.41 Å². The van der Waals surface area contributed by atoms with Crippen molar-refractivity contribution in [2.45, 2.75) is 44.8 Å². The van der Waals surface area contributed by atoms with Gasteiger partial charge in [-0.2, -0.15) is 0 Å². The van der Waals surface area contributed by atoms with Crippen molar-refractivity contribution in [3.8, 4) is 0 Å². The largest absolute Gasteiger partial charge is 0.392 e. The first-order valence-corrected chi connectivity index (χ1v) is 8.62. The summed E-state index contributed by atoms with van der Waals surface area (Å²) >= 11 is 0. The van der Waals surface area contributed by atoms with Crippen LogP contribution >= 0.6 is 0 Å². The number of hydrogen-bond donors (Lipinski definition) is 1. The van der Waals surface area contributed by atoms with Crippen molar-refractivity contribution in [2.75, 3.05) is 26.7 Å². The zero-order chi connectivity index (χ0) is 16.3. The van der Waals surface area contributed by atoms with E-state index in [0.717, 1.165) is 57.3 Å². The van der Waals surface area contributed by atoms with Crippen molar-refractivity contribution in [3.05, 3.63) is 30.1 Å². The minimum Gasteiger partial charge on any atom is -0.392 e. The number of amides is 1. The van der Waals surface area contributed by atoms with E-state index in [-0.39, 0.29) is 17.4 Å². The predicted molar refractivity (Wildman–Crippen MR) is 88.7 cm³/mol. The molecule has 1 spiro atoms. The molecule has 5 heteroatoms. The summed E-state index contributed by atoms with van der Waals surface area (Å²) in [6, 6.07) is 3.96. The molecule has 2 fully saturated rings. The highest BCUT2D eigenvalue weighted by Crippen LogP contribution is 2.44. The van der Waals surface area contributed by atoms with Crippen LogP contribution in [0.4, 0.5) is 0 Å². The van der Waals surface area contributed by atoms with Crippen LogP contribution in [0.25, 0.3) is 0 Å². The molecule has 126 valence electrons. The quantitative estimate of drug-likeness (QED) is 0.918. The number of piperidine rings is 1. The van der Waals surface area contributed by atoms with Crippen LogP contribution in [0, 0.1) is 5.41 Å². The number of hydrogen-bond acceptors (Lipinski definition) is 4. The average molecular weight is 317 g/mol. The summed E-state index contributed by atoms with van der Waals surface area (Å²) in [6.45, 7) is 2.73. The van der Waals surface area contributed by atoms with Gasteiger partial charge in [-0.05, 0) is 50.4 Å². The number of carbonyl (C=O) groups is 1. The highest BCUT2D eigenvalue weighted by molar-refractivity contribution is 5.78. The lowest BCUT2D eigenvalue weighted by Crippen LogP contribution is -2.51. The minimum atomic E-state index is -0.229. The number of pyridine rings is 1. The number of aromatic nitrogens is 1. The summed E-state index contributed by atoms with van der Waals surface area (Å²) in [5, 5.41) is 10.3. The van der Waals surface area contributed by atoms with E-state index in [4.69, 9.17) is 0 Å². The number of aliphatic hydroxyl groups excluding tert-OH is 1. The van der Waals surface area contributed by atoms with Crippen LogP contribution in [-0.2, 0) is 11.3 Å². The van der Waals surface area contributed by atoms with Gasteiger partial charge in [0.1, 0.15) is 0 Å². The maximum atomic E-state index is 12.6. The Hall–Kier alpha value is -1.46. The van der Waals surface area contributed by atoms with Crippen molar-refractivity contribution >= 4 is 5.91 Å². The Morgan fingerprint density at radius 3 is 2.83 bits per heavy atom. The molecule has 1 aromatic heterocycles. The molecule has 2 heterocycles. The van der Waals surface area contributed by atoms with Gasteiger partial charge in [-0.15, -0.1) is 0 Å². The van der Waals surface area contributed by atoms with E-state index in [9.17, 15) is 9.90 Å². The average Bonchev–Trinajstić information content (AvgIpc) is 2.88. The zero-order valence-electron chi connectivity index (χ0n) is 13.9. The summed E-state index contributed by atoms with van der Waals surface area (Å²) in [4.78, 5) is 20.7. The van der Waals surface area contributed by atoms with Gasteiger partial charge in [0.25, 0.3) is 0 Å². The third-order valence-corrected chi connectivity index (χ3v) is 5.43. The molecule has 1 saturated carbocycles. The van der Waals surface area contributed by atoms with Crippen LogP contribution in [0.15, 0.2) is 24.5 Å². The van der Waals surface area contributed by atoms with Crippen LogP contribution in [0.1, 0.15) is 37.7 Å². The molecular formula is C18H27N3O2. The zero-order valence-corrected chi connectivity index (χ0v) is 13.9. The Balaban J connectivity index is 1.55. The third-order valence-electron chi connectivity index (χ3n) is 5.43. The van der Waals surface area contributed by atoms with Crippen LogP contribution in [0.3, 0.4) is 0 Å². The highest BCUT2D eigenvalue weighted by Gasteiger charge is 2.45. The summed E-state index contributed by atoms with van der Waals surface area (Å²) < 4.78 is 0. The Labute approximate surface area is 138 Å². The molecule has 2 aliphatic rings. The van der Waals surface area contributed by atoms with Gasteiger partial charge in [0.2, 0.25) is 5.91 Å². The smallest absolute Gasteiger partial charge is 0.236 e. The lowest BCUT2D eigenvalue weighted by molar-refractivity contribution is -0.137. The van der Waals surface area contributed by atoms with E-state index >= 15 is 0 Å². The second-order valence-electron chi connectivity index (χ2n) is 7.22. The molecule has 0 radical (unpaired) electrons. The van der Waals surface area contributed by atoms with Gasteiger partial charge < -0.3 is 10.0 Å². The summed E-state index contributed by atoms with van der Waals surface area (Å²) in [5.74, 6) is 0.180. The summed E-state index contributed by atoms with van der Waals surface area (Å²) in [6.07, 6.45) is 8.44. The molecule has 23 heavy (non-hydrogen) atoms. The van der Waals surface area contributed by atoms with E-state index in [0.29, 0.717) is 6.54 Å². The van der Waals surface area contributed by atoms with E-state index in [2.05, 4.69) is 4.98 Å². The molecule has 0 unspecified atom stereocenters. The Morgan fingerprint density at radius 2 is 2.13 bits per heavy atom. The number of nitrogens with zero attached hydrogens (tertiary/aromatic N) is 3. The first-order valence-electron chi connectivity index (χ1n) is 8.62. The third kappa shape index (κ3) is 3.72. The Bertz CT molecular complexity index is 536. The van der Waals surface area contributed by atoms with Crippen molar-refractivity contribution in [1.29, 1.82) is 0 Å². The van der Waals surface area contributed by atoms with Crippen LogP contribution in [-0.4, -0.2) is 58.6 Å². The predicted octanol–water partition coefficient (Wildman–Crippen LogP) is 1.67. The van der Waals surface area contributed by atoms with Gasteiger partial charge in [0.05, 0.1) is 12.6 Å². The van der Waals surface area contributed by atoms with E-state index in [1.807, 2.05) is 29.0 Å². The van der Waals surface area contributed by atoms with Crippen LogP contribution in [0.2, 0.25) is 0 Å². The molecule has 1 aliphatic carbocycles. The van der Waals surface area contributed by atoms with Crippen molar-refractivity contribution in [3.63, 3.8) is 0 Å². The first-order chi connectivity index (χ1) is 11.1. The molecule has 1 amide bonds. The number of likely N-dealkylation sites (tertiary alicyclic amines) is 1. The van der Waals surface area contributed by atoms with Gasteiger partial charge in [-0.25, -0.2) is 0 Å². The molecule has 0 bridgehead atoms. The molecular weight excluding hydrogens is 290 g/mol. The fourth-order valence-electron chi connectivity index (χ4n) is 4.16. The molecule has 5 nitrogen and oxygen atoms in total. The minimum absolute atomic E-state index is 0.0302. The molecule has 1 saturated heterocycles. The van der Waals surface area contributed by atoms with Gasteiger partial charge in [-0.3, -0.25) is 14.7 Å². The van der Waals surface area contributed by atoms with Gasteiger partial charge in [0.15, 0.2) is 0 Å². The SMILES string of the molecule is CN(CC(=O)N1CCC[C@]2(CCC[C@H]2O)C1)Cc1ccncc1. The molecule has 2 atom stereocenters. The second kappa shape index (κ2) is 6.97. The molecule has 1 aromatic rings. The Kier molecular flexibility index (Phi) is 4.97. The fraction of sp³-hybridized carbons (Fsp3) is 0.667. The highest BCUT2D eigenvalue weighted by atomic mass is 16.3. The van der Waals surface area contributed by atoms with Gasteiger partial charge in [0, 0.05) is 37.4 Å². The van der Waals surface area contributed by atoms with Crippen molar-refractivity contribution in [1.82, 2.24) is 14.8 Å². The van der Waals surface area contributed by atoms with Gasteiger partial charge >= 0.3 is 0 Å². The number of likely N-dealkylation sites (N-methyl/N-ethyl adjacent to an activating group) is 1. The van der Waals surface area contributed by atoms with Crippen molar-refractivity contribution < 1.29 is 9.90 Å². The molecule has 1 aliphatic heterocycles. The normalized spacial score (nSPS) is 27.8. The van der Waals surface area contributed by atoms with E-state index < -0.39 is 0 Å². The maximum Gasteiger partial charge on any atom is 0.236 e. The first kappa shape index (κ1) is 16.4. The number of aliphatic hydroxyl groups is 1. The fourth-order valence-corrected chi connectivity index (χ4v) is 4.16. The monoisotopic (exact) mass is 317 g/mol. The summed E-state index contributed by atoms with van der Waals surface area (Å²) in [5.41, 5.74) is 1.13. The van der Waals surface area contributed by atoms with E-state index in [1.54, 1.807) is 12.4 Å². The number of carbonyl (C=O) groups excluding carboxylic acids is 1. The standard InChI is InChI=1S/C18H27N3O2/c1-20(12-15-5-9-19-10-6-15)13-17(23)21-11-3-8-18(14-21)7-2-4-16(18)22/h5-6,9-10,16,22H,2-4,7-8,11-14H2,1H3/t16-,18-/m1/s1. The molecule has 1 N–H and O–H groups in total. The summed E-state index contributed by atoms with van der Waals surface area (Å²) in [7, 11) is 1.97.